The van der Waals surface area contributed by atoms with Gasteiger partial charge in [-0.1, -0.05) is 45.1 Å². The minimum atomic E-state index is 1.28. The molecule has 0 heteroatoms. The highest BCUT2D eigenvalue weighted by Crippen LogP contribution is 2.57. The second-order valence-electron chi connectivity index (χ2n) is 6.40. The standard InChI is InChI=1S/C22H20/c1-7-15-13(5)19-11(3)12(4)20-14(6)16(8-2)18-10-9-17(15)21(19)22(18)20/h7-10H,1-2H2,3-6H3/q-1. The molecule has 0 saturated heterocycles. The van der Waals surface area contributed by atoms with Gasteiger partial charge in [0.25, 0.3) is 0 Å². The van der Waals surface area contributed by atoms with Crippen LogP contribution in [0.5, 0.6) is 0 Å². The van der Waals surface area contributed by atoms with Gasteiger partial charge < -0.3 is 0 Å². The third-order valence-corrected chi connectivity index (χ3v) is 5.56. The lowest BCUT2D eigenvalue weighted by Crippen LogP contribution is -2.14. The van der Waals surface area contributed by atoms with Crippen LogP contribution in [-0.2, 0) is 0 Å². The average molecular weight is 284 g/mol. The third kappa shape index (κ3) is 1.27. The van der Waals surface area contributed by atoms with Crippen LogP contribution in [0.4, 0.5) is 0 Å². The Hall–Kier alpha value is -2.21. The normalized spacial score (nSPS) is 19.3. The van der Waals surface area contributed by atoms with Crippen LogP contribution in [0.15, 0.2) is 53.2 Å². The Morgan fingerprint density at radius 2 is 1.68 bits per heavy atom. The summed E-state index contributed by atoms with van der Waals surface area (Å²) in [7, 11) is 0. The van der Waals surface area contributed by atoms with Crippen molar-refractivity contribution in [3.05, 3.63) is 86.9 Å². The van der Waals surface area contributed by atoms with E-state index in [1.165, 1.54) is 67.2 Å². The molecule has 0 amide bonds. The fourth-order valence-electron chi connectivity index (χ4n) is 4.46. The zero-order chi connectivity index (χ0) is 15.8. The summed E-state index contributed by atoms with van der Waals surface area (Å²) in [6.07, 6.45) is 8.53. The van der Waals surface area contributed by atoms with Gasteiger partial charge in [0.05, 0.1) is 0 Å². The summed E-state index contributed by atoms with van der Waals surface area (Å²) in [6.45, 7) is 17.0. The van der Waals surface area contributed by atoms with E-state index in [2.05, 4.69) is 53.0 Å². The highest BCUT2D eigenvalue weighted by molar-refractivity contribution is 5.98. The summed E-state index contributed by atoms with van der Waals surface area (Å²) in [4.78, 5) is 0. The minimum Gasteiger partial charge on any atom is -0.129 e. The highest BCUT2D eigenvalue weighted by atomic mass is 14.4. The molecule has 0 atom stereocenters. The molecule has 3 aliphatic carbocycles. The van der Waals surface area contributed by atoms with Crippen molar-refractivity contribution in [1.29, 1.82) is 0 Å². The van der Waals surface area contributed by atoms with E-state index in [9.17, 15) is 0 Å². The van der Waals surface area contributed by atoms with E-state index in [1.807, 2.05) is 12.2 Å². The van der Waals surface area contributed by atoms with Crippen LogP contribution in [0.1, 0.15) is 48.6 Å². The molecular formula is C22H20-. The lowest BCUT2D eigenvalue weighted by atomic mass is 9.73. The van der Waals surface area contributed by atoms with E-state index in [-0.39, 0.29) is 0 Å². The van der Waals surface area contributed by atoms with Crippen LogP contribution in [0, 0.1) is 12.8 Å². The van der Waals surface area contributed by atoms with Gasteiger partial charge in [0.1, 0.15) is 0 Å². The predicted octanol–water partition coefficient (Wildman–Crippen LogP) is 5.93. The first-order valence-electron chi connectivity index (χ1n) is 7.80. The van der Waals surface area contributed by atoms with E-state index >= 15 is 0 Å². The molecule has 22 heavy (non-hydrogen) atoms. The molecule has 0 fully saturated rings. The van der Waals surface area contributed by atoms with Gasteiger partial charge >= 0.3 is 0 Å². The summed E-state index contributed by atoms with van der Waals surface area (Å²) in [5, 5.41) is 0. The Bertz CT molecular complexity index is 885. The predicted molar refractivity (Wildman–Crippen MR) is 96.4 cm³/mol. The number of hydrogen-bond acceptors (Lipinski definition) is 0. The van der Waals surface area contributed by atoms with Gasteiger partial charge in [-0.15, -0.1) is 57.7 Å². The molecule has 0 bridgehead atoms. The van der Waals surface area contributed by atoms with E-state index in [4.69, 9.17) is 0 Å². The highest BCUT2D eigenvalue weighted by Gasteiger charge is 2.37. The third-order valence-electron chi connectivity index (χ3n) is 5.56. The van der Waals surface area contributed by atoms with Crippen molar-refractivity contribution in [1.82, 2.24) is 0 Å². The first-order valence-corrected chi connectivity index (χ1v) is 7.80. The fourth-order valence-corrected chi connectivity index (χ4v) is 4.46. The van der Waals surface area contributed by atoms with Gasteiger partial charge in [-0.3, -0.25) is 0 Å². The molecule has 0 saturated carbocycles. The first-order chi connectivity index (χ1) is 10.5. The van der Waals surface area contributed by atoms with Gasteiger partial charge in [0.2, 0.25) is 0 Å². The monoisotopic (exact) mass is 284 g/mol. The second kappa shape index (κ2) is 4.16. The lowest BCUT2D eigenvalue weighted by Gasteiger charge is -2.35. The Balaban J connectivity index is 2.21. The maximum Gasteiger partial charge on any atom is 0.0371 e. The summed E-state index contributed by atoms with van der Waals surface area (Å²) >= 11 is 0. The summed E-state index contributed by atoms with van der Waals surface area (Å²) in [5.74, 6) is 1.42. The zero-order valence-corrected chi connectivity index (χ0v) is 13.7. The van der Waals surface area contributed by atoms with Crippen molar-refractivity contribution in [2.24, 2.45) is 0 Å². The van der Waals surface area contributed by atoms with Crippen molar-refractivity contribution in [2.45, 2.75) is 27.7 Å². The topological polar surface area (TPSA) is 0 Å². The molecule has 0 spiro atoms. The zero-order valence-electron chi connectivity index (χ0n) is 13.7. The second-order valence-corrected chi connectivity index (χ2v) is 6.40. The van der Waals surface area contributed by atoms with Crippen molar-refractivity contribution < 1.29 is 0 Å². The van der Waals surface area contributed by atoms with Crippen LogP contribution in [0.25, 0.3) is 17.7 Å². The van der Waals surface area contributed by atoms with Crippen LogP contribution < -0.4 is 0 Å². The average Bonchev–Trinajstić information content (AvgIpc) is 2.95. The van der Waals surface area contributed by atoms with Crippen molar-refractivity contribution in [2.75, 3.05) is 0 Å². The van der Waals surface area contributed by atoms with Crippen LogP contribution >= 0.6 is 0 Å². The Morgan fingerprint density at radius 1 is 0.955 bits per heavy atom. The summed E-state index contributed by atoms with van der Waals surface area (Å²) in [5.41, 5.74) is 15.0. The Morgan fingerprint density at radius 3 is 2.32 bits per heavy atom. The molecular weight excluding hydrogens is 264 g/mol. The van der Waals surface area contributed by atoms with Crippen molar-refractivity contribution in [3.8, 4) is 0 Å². The molecule has 0 unspecified atom stereocenters. The summed E-state index contributed by atoms with van der Waals surface area (Å²) < 4.78 is 0. The molecule has 0 nitrogen and oxygen atoms in total. The molecule has 0 aromatic heterocycles. The largest absolute Gasteiger partial charge is 0.129 e. The van der Waals surface area contributed by atoms with Gasteiger partial charge in [-0.05, 0) is 23.6 Å². The maximum atomic E-state index is 4.04. The molecule has 1 aromatic carbocycles. The maximum absolute atomic E-state index is 4.04. The molecule has 109 valence electrons. The van der Waals surface area contributed by atoms with Gasteiger partial charge in [-0.2, -0.15) is 0 Å². The van der Waals surface area contributed by atoms with Gasteiger partial charge in [-0.25, -0.2) is 0 Å². The van der Waals surface area contributed by atoms with Crippen molar-refractivity contribution >= 4 is 17.7 Å². The Labute approximate surface area is 132 Å². The van der Waals surface area contributed by atoms with Crippen LogP contribution in [0.3, 0.4) is 0 Å². The van der Waals surface area contributed by atoms with Gasteiger partial charge in [0.15, 0.2) is 0 Å². The van der Waals surface area contributed by atoms with Crippen LogP contribution in [0.2, 0.25) is 0 Å². The van der Waals surface area contributed by atoms with Gasteiger partial charge in [0, 0.05) is 5.92 Å². The summed E-state index contributed by atoms with van der Waals surface area (Å²) in [6, 6.07) is 0. The van der Waals surface area contributed by atoms with E-state index < -0.39 is 0 Å². The van der Waals surface area contributed by atoms with E-state index in [0.29, 0.717) is 0 Å². The molecule has 0 N–H and O–H groups in total. The van der Waals surface area contributed by atoms with Crippen LogP contribution in [-0.4, -0.2) is 0 Å². The smallest absolute Gasteiger partial charge is 0.0371 e. The lowest BCUT2D eigenvalue weighted by molar-refractivity contribution is 1.16. The number of hydrogen-bond donors (Lipinski definition) is 0. The Kier molecular flexibility index (Phi) is 2.55. The molecule has 1 radical (unpaired) electrons. The number of rotatable bonds is 2. The first kappa shape index (κ1) is 13.5. The number of allylic oxidation sites excluding steroid dienone is 8. The molecule has 0 heterocycles. The van der Waals surface area contributed by atoms with E-state index in [1.54, 1.807) is 0 Å². The van der Waals surface area contributed by atoms with Crippen molar-refractivity contribution in [3.63, 3.8) is 0 Å². The molecule has 3 aliphatic rings. The SMILES string of the molecule is C=CC1=C2C=Cc3c(C=C)c(C)[c-]4c3[C]2C(=C1C)C(C)=C4C. The minimum absolute atomic E-state index is 1.28. The molecule has 1 aromatic rings. The quantitative estimate of drug-likeness (QED) is 0.591. The molecule has 4 rings (SSSR count). The fraction of sp³-hybridized carbons (Fsp3) is 0.182. The molecule has 0 aliphatic heterocycles. The van der Waals surface area contributed by atoms with E-state index in [0.717, 1.165) is 0 Å².